The Kier molecular flexibility index (Phi) is 7.82. The van der Waals surface area contributed by atoms with E-state index in [2.05, 4.69) is 18.3 Å². The van der Waals surface area contributed by atoms with Crippen molar-refractivity contribution in [3.05, 3.63) is 59.4 Å². The Balaban J connectivity index is 1.95. The number of piperidine rings is 1. The predicted octanol–water partition coefficient (Wildman–Crippen LogP) is 5.29. The van der Waals surface area contributed by atoms with Gasteiger partial charge in [-0.05, 0) is 79.8 Å². The smallest absolute Gasteiger partial charge is 0.431 e. The average Bonchev–Trinajstić information content (AvgIpc) is 2.77. The lowest BCUT2D eigenvalue weighted by atomic mass is 9.76. The van der Waals surface area contributed by atoms with Gasteiger partial charge in [0.15, 0.2) is 0 Å². The van der Waals surface area contributed by atoms with Crippen molar-refractivity contribution >= 4 is 6.09 Å². The summed E-state index contributed by atoms with van der Waals surface area (Å²) in [7, 11) is 0. The number of hydroxylamine groups is 2. The summed E-state index contributed by atoms with van der Waals surface area (Å²) in [5.41, 5.74) is 3.65. The summed E-state index contributed by atoms with van der Waals surface area (Å²) in [4.78, 5) is 10.9. The molecule has 1 heterocycles. The first-order valence-corrected chi connectivity index (χ1v) is 10.8. The summed E-state index contributed by atoms with van der Waals surface area (Å²) in [6.07, 6.45) is 2.83. The lowest BCUT2D eigenvalue weighted by Gasteiger charge is -2.33. The average molecular weight is 415 g/mol. The summed E-state index contributed by atoms with van der Waals surface area (Å²) >= 11 is 0. The molecule has 1 aliphatic rings. The zero-order chi connectivity index (χ0) is 21.5. The van der Waals surface area contributed by atoms with Crippen LogP contribution in [0.15, 0.2) is 42.5 Å². The van der Waals surface area contributed by atoms with Crippen molar-refractivity contribution in [3.63, 3.8) is 0 Å². The molecular weight excluding hydrogens is 383 g/mol. The molecule has 2 atom stereocenters. The number of rotatable bonds is 8. The molecule has 0 aromatic heterocycles. The third-order valence-electron chi connectivity index (χ3n) is 6.08. The molecule has 0 radical (unpaired) electrons. The van der Waals surface area contributed by atoms with Crippen LogP contribution in [-0.4, -0.2) is 41.1 Å². The number of amides is 1. The first kappa shape index (κ1) is 22.2. The van der Waals surface area contributed by atoms with E-state index in [1.165, 1.54) is 6.07 Å². The van der Waals surface area contributed by atoms with Crippen LogP contribution in [-0.2, 0) is 6.42 Å². The maximum atomic E-state index is 15.1. The van der Waals surface area contributed by atoms with Gasteiger partial charge in [-0.2, -0.15) is 5.06 Å². The van der Waals surface area contributed by atoms with E-state index in [9.17, 15) is 10.0 Å². The number of aryl methyl sites for hydroxylation is 1. The van der Waals surface area contributed by atoms with Gasteiger partial charge in [-0.15, -0.1) is 0 Å². The SMILES string of the molecule is CCc1cccc(-c2c(F)cccc2C(CCCN(O)C(=O)O)C2CCCNC2)c1. The Morgan fingerprint density at radius 3 is 2.80 bits per heavy atom. The van der Waals surface area contributed by atoms with Crippen LogP contribution in [0.2, 0.25) is 0 Å². The number of benzene rings is 2. The Labute approximate surface area is 177 Å². The van der Waals surface area contributed by atoms with Gasteiger partial charge >= 0.3 is 6.09 Å². The van der Waals surface area contributed by atoms with E-state index >= 15 is 4.39 Å². The molecule has 6 heteroatoms. The predicted molar refractivity (Wildman–Crippen MR) is 115 cm³/mol. The molecule has 3 N–H and O–H groups in total. The normalized spacial score (nSPS) is 17.5. The molecule has 30 heavy (non-hydrogen) atoms. The largest absolute Gasteiger partial charge is 0.463 e. The number of halogens is 1. The molecule has 2 aromatic carbocycles. The van der Waals surface area contributed by atoms with Crippen LogP contribution < -0.4 is 5.32 Å². The minimum Gasteiger partial charge on any atom is -0.463 e. The minimum absolute atomic E-state index is 0.0436. The van der Waals surface area contributed by atoms with Crippen molar-refractivity contribution in [2.75, 3.05) is 19.6 Å². The van der Waals surface area contributed by atoms with Gasteiger partial charge in [0, 0.05) is 5.56 Å². The Bertz CT molecular complexity index is 852. The van der Waals surface area contributed by atoms with E-state index in [0.29, 0.717) is 29.4 Å². The molecule has 0 spiro atoms. The van der Waals surface area contributed by atoms with E-state index in [1.54, 1.807) is 6.07 Å². The first-order chi connectivity index (χ1) is 14.5. The molecule has 1 amide bonds. The van der Waals surface area contributed by atoms with Crippen LogP contribution in [0.3, 0.4) is 0 Å². The highest BCUT2D eigenvalue weighted by Gasteiger charge is 2.28. The number of nitrogens with one attached hydrogen (secondary N) is 1. The zero-order valence-corrected chi connectivity index (χ0v) is 17.5. The molecule has 1 fully saturated rings. The van der Waals surface area contributed by atoms with E-state index < -0.39 is 6.09 Å². The summed E-state index contributed by atoms with van der Waals surface area (Å²) in [6, 6.07) is 13.3. The van der Waals surface area contributed by atoms with Gasteiger partial charge in [0.05, 0.1) is 6.54 Å². The number of hydrogen-bond donors (Lipinski definition) is 3. The van der Waals surface area contributed by atoms with E-state index in [0.717, 1.165) is 49.0 Å². The Morgan fingerprint density at radius 2 is 2.10 bits per heavy atom. The topological polar surface area (TPSA) is 72.8 Å². The third kappa shape index (κ3) is 5.37. The van der Waals surface area contributed by atoms with Crippen molar-refractivity contribution in [1.82, 2.24) is 10.4 Å². The maximum absolute atomic E-state index is 15.1. The Hall–Kier alpha value is -2.44. The van der Waals surface area contributed by atoms with Gasteiger partial charge in [0.25, 0.3) is 0 Å². The van der Waals surface area contributed by atoms with Gasteiger partial charge in [0.1, 0.15) is 5.82 Å². The number of nitrogens with zero attached hydrogens (tertiary/aromatic N) is 1. The monoisotopic (exact) mass is 414 g/mol. The molecule has 2 unspecified atom stereocenters. The van der Waals surface area contributed by atoms with Crippen LogP contribution in [0.4, 0.5) is 9.18 Å². The first-order valence-electron chi connectivity index (χ1n) is 10.8. The van der Waals surface area contributed by atoms with Gasteiger partial charge in [-0.1, -0.05) is 43.3 Å². The summed E-state index contributed by atoms with van der Waals surface area (Å²) < 4.78 is 15.1. The number of carbonyl (C=O) groups is 1. The molecule has 162 valence electrons. The molecule has 0 aliphatic carbocycles. The third-order valence-corrected chi connectivity index (χ3v) is 6.08. The number of hydrogen-bond acceptors (Lipinski definition) is 3. The number of carboxylic acid groups (broad SMARTS) is 1. The molecule has 0 saturated carbocycles. The second-order valence-corrected chi connectivity index (χ2v) is 8.02. The highest BCUT2D eigenvalue weighted by atomic mass is 19.1. The summed E-state index contributed by atoms with van der Waals surface area (Å²) in [6.45, 7) is 3.97. The van der Waals surface area contributed by atoms with Gasteiger partial charge in [-0.25, -0.2) is 9.18 Å². The quantitative estimate of drug-likeness (QED) is 0.405. The van der Waals surface area contributed by atoms with Gasteiger partial charge < -0.3 is 10.4 Å². The van der Waals surface area contributed by atoms with E-state index in [1.807, 2.05) is 24.3 Å². The molecule has 5 nitrogen and oxygen atoms in total. The van der Waals surface area contributed by atoms with Crippen molar-refractivity contribution < 1.29 is 19.5 Å². The van der Waals surface area contributed by atoms with Crippen LogP contribution >= 0.6 is 0 Å². The molecule has 0 bridgehead atoms. The standard InChI is InChI=1S/C24H31FN2O3/c1-2-17-7-3-8-18(15-17)23-21(10-4-12-22(23)25)20(19-9-5-13-26-16-19)11-6-14-27(30)24(28)29/h3-4,7-8,10,12,15,19-20,26,30H,2,5-6,9,11,13-14,16H2,1H3,(H,28,29). The molecule has 1 saturated heterocycles. The molecule has 3 rings (SSSR count). The lowest BCUT2D eigenvalue weighted by molar-refractivity contribution is -0.0648. The lowest BCUT2D eigenvalue weighted by Crippen LogP contribution is -2.34. The fourth-order valence-corrected chi connectivity index (χ4v) is 4.53. The zero-order valence-electron chi connectivity index (χ0n) is 17.5. The van der Waals surface area contributed by atoms with Crippen molar-refractivity contribution in [1.29, 1.82) is 0 Å². The van der Waals surface area contributed by atoms with E-state index in [-0.39, 0.29) is 18.3 Å². The van der Waals surface area contributed by atoms with Crippen LogP contribution in [0.25, 0.3) is 11.1 Å². The second kappa shape index (κ2) is 10.5. The Morgan fingerprint density at radius 1 is 1.30 bits per heavy atom. The van der Waals surface area contributed by atoms with Crippen LogP contribution in [0.1, 0.15) is 49.7 Å². The van der Waals surface area contributed by atoms with Gasteiger partial charge in [-0.3, -0.25) is 5.21 Å². The van der Waals surface area contributed by atoms with E-state index in [4.69, 9.17) is 5.11 Å². The fraction of sp³-hybridized carbons (Fsp3) is 0.458. The molecule has 1 aliphatic heterocycles. The van der Waals surface area contributed by atoms with Gasteiger partial charge in [0.2, 0.25) is 0 Å². The molecular formula is C24H31FN2O3. The summed E-state index contributed by atoms with van der Waals surface area (Å²) in [5.74, 6) is 0.186. The molecule has 2 aromatic rings. The van der Waals surface area contributed by atoms with Crippen LogP contribution in [0, 0.1) is 11.7 Å². The van der Waals surface area contributed by atoms with Crippen molar-refractivity contribution in [2.45, 2.75) is 44.9 Å². The maximum Gasteiger partial charge on any atom is 0.431 e. The minimum atomic E-state index is -1.35. The summed E-state index contributed by atoms with van der Waals surface area (Å²) in [5, 5.41) is 22.2. The van der Waals surface area contributed by atoms with Crippen molar-refractivity contribution in [2.24, 2.45) is 5.92 Å². The highest BCUT2D eigenvalue weighted by molar-refractivity contribution is 5.69. The second-order valence-electron chi connectivity index (χ2n) is 8.02. The van der Waals surface area contributed by atoms with Crippen molar-refractivity contribution in [3.8, 4) is 11.1 Å². The highest BCUT2D eigenvalue weighted by Crippen LogP contribution is 2.40. The van der Waals surface area contributed by atoms with Crippen LogP contribution in [0.5, 0.6) is 0 Å². The fourth-order valence-electron chi connectivity index (χ4n) is 4.53.